The number of fused-ring (bicyclic) bond motifs is 1. The van der Waals surface area contributed by atoms with Gasteiger partial charge in [-0.3, -0.25) is 14.4 Å². The predicted molar refractivity (Wildman–Crippen MR) is 197 cm³/mol. The Morgan fingerprint density at radius 1 is 0.804 bits per heavy atom. The molecule has 2 fully saturated rings. The van der Waals surface area contributed by atoms with Gasteiger partial charge in [-0.2, -0.15) is 0 Å². The van der Waals surface area contributed by atoms with E-state index >= 15 is 0 Å². The number of aromatic amines is 1. The molecule has 2 amide bonds. The highest BCUT2D eigenvalue weighted by atomic mass is 35.5. The summed E-state index contributed by atoms with van der Waals surface area (Å²) in [7, 11) is 1.58. The molecule has 0 radical (unpaired) electrons. The number of nitrogens with zero attached hydrogens (tertiary/aromatic N) is 3. The van der Waals surface area contributed by atoms with Crippen LogP contribution in [0.1, 0.15) is 37.1 Å². The van der Waals surface area contributed by atoms with E-state index in [0.717, 1.165) is 18.4 Å². The van der Waals surface area contributed by atoms with E-state index in [0.29, 0.717) is 105 Å². The monoisotopic (exact) mass is 726 g/mol. The van der Waals surface area contributed by atoms with Crippen LogP contribution in [0.2, 0.25) is 10.0 Å². The molecule has 5 aromatic rings. The molecule has 5 heterocycles. The third kappa shape index (κ3) is 7.59. The van der Waals surface area contributed by atoms with Crippen molar-refractivity contribution in [3.63, 3.8) is 0 Å². The van der Waals surface area contributed by atoms with E-state index < -0.39 is 0 Å². The quantitative estimate of drug-likeness (QED) is 0.122. The number of H-pyrrole nitrogens is 1. The summed E-state index contributed by atoms with van der Waals surface area (Å²) in [5, 5.41) is 13.8. The molecule has 2 atom stereocenters. The molecule has 12 nitrogen and oxygen atoms in total. The van der Waals surface area contributed by atoms with Crippen molar-refractivity contribution in [1.29, 1.82) is 0 Å². The highest BCUT2D eigenvalue weighted by molar-refractivity contribution is 6.39. The van der Waals surface area contributed by atoms with Gasteiger partial charge < -0.3 is 31.0 Å². The smallest absolute Gasteiger partial charge is 0.260 e. The summed E-state index contributed by atoms with van der Waals surface area (Å²) in [6, 6.07) is 17.1. The Hall–Kier alpha value is -4.88. The molecule has 2 saturated heterocycles. The Kier molecular flexibility index (Phi) is 10.3. The van der Waals surface area contributed by atoms with Crippen molar-refractivity contribution >= 4 is 46.0 Å². The first-order valence-corrected chi connectivity index (χ1v) is 17.5. The molecule has 0 spiro atoms. The number of ether oxygens (including phenoxy) is 1. The zero-order valence-corrected chi connectivity index (χ0v) is 29.3. The number of amides is 2. The number of carbonyl (C=O) groups excluding carboxylic acids is 2. The molecule has 262 valence electrons. The highest BCUT2D eigenvalue weighted by Crippen LogP contribution is 2.42. The van der Waals surface area contributed by atoms with Gasteiger partial charge in [-0.25, -0.2) is 15.0 Å². The number of aromatic nitrogens is 4. The molecule has 14 heteroatoms. The predicted octanol–water partition coefficient (Wildman–Crippen LogP) is 4.77. The number of rotatable bonds is 12. The van der Waals surface area contributed by atoms with Crippen LogP contribution in [0.4, 0.5) is 0 Å². The molecular formula is C37H36Cl2N8O4. The highest BCUT2D eigenvalue weighted by Gasteiger charge is 2.22. The second-order valence-corrected chi connectivity index (χ2v) is 13.4. The number of nitrogens with one attached hydrogen (secondary N) is 5. The molecule has 0 aliphatic carbocycles. The van der Waals surface area contributed by atoms with Gasteiger partial charge in [0.2, 0.25) is 17.7 Å². The number of methoxy groups -OCH3 is 1. The van der Waals surface area contributed by atoms with Crippen LogP contribution < -0.4 is 31.6 Å². The van der Waals surface area contributed by atoms with E-state index in [1.165, 1.54) is 0 Å². The largest absolute Gasteiger partial charge is 0.481 e. The first kappa shape index (κ1) is 34.6. The fourth-order valence-electron chi connectivity index (χ4n) is 6.54. The lowest BCUT2D eigenvalue weighted by Gasteiger charge is -2.16. The van der Waals surface area contributed by atoms with Crippen molar-refractivity contribution in [3.05, 3.63) is 92.6 Å². The van der Waals surface area contributed by atoms with Crippen molar-refractivity contribution in [2.75, 3.05) is 20.2 Å². The Balaban J connectivity index is 1.10. The Bertz CT molecular complexity index is 2190. The average Bonchev–Trinajstić information content (AvgIpc) is 3.75. The number of benzene rings is 2. The van der Waals surface area contributed by atoms with Crippen molar-refractivity contribution in [2.45, 2.75) is 50.9 Å². The SMILES string of the molecule is COc1nc(-c2cccc(-c3cccc(-c4cnc5nc(CNC[C@@H]6CCC(=O)N6)[nH]c(=O)c5c4)c3Cl)c2Cl)ccc1CNC[C@@H]1CCC(=O)N1. The lowest BCUT2D eigenvalue weighted by atomic mass is 9.97. The summed E-state index contributed by atoms with van der Waals surface area (Å²) in [4.78, 5) is 52.7. The number of hydrogen-bond donors (Lipinski definition) is 5. The van der Waals surface area contributed by atoms with Crippen molar-refractivity contribution in [1.82, 2.24) is 41.2 Å². The summed E-state index contributed by atoms with van der Waals surface area (Å²) in [6.45, 7) is 2.11. The molecule has 2 aliphatic heterocycles. The minimum absolute atomic E-state index is 0.0552. The number of carbonyl (C=O) groups is 2. The van der Waals surface area contributed by atoms with Crippen LogP contribution in [0, 0.1) is 0 Å². The standard InChI is InChI=1S/C37H36Cl2N8O4/c1-51-37-20(15-40-17-22-9-12-31(48)43-22)8-11-29(45-37)27-7-3-6-26(34(27)39)25-5-2-4-24(33(25)38)21-14-28-35(42-16-21)46-30(47-36(28)50)19-41-18-23-10-13-32(49)44-23/h2-8,11,14,16,22-23,40-41H,9-10,12-13,15,17-19H2,1H3,(H,43,48)(H,44,49)(H,42,46,47,50)/t22-,23-/m0/s1. The van der Waals surface area contributed by atoms with Crippen molar-refractivity contribution in [3.8, 4) is 39.4 Å². The first-order valence-electron chi connectivity index (χ1n) is 16.8. The van der Waals surface area contributed by atoms with E-state index in [9.17, 15) is 14.4 Å². The lowest BCUT2D eigenvalue weighted by molar-refractivity contribution is -0.120. The molecule has 5 N–H and O–H groups in total. The van der Waals surface area contributed by atoms with E-state index in [1.807, 2.05) is 48.5 Å². The second-order valence-electron chi connectivity index (χ2n) is 12.7. The molecule has 2 aromatic carbocycles. The van der Waals surface area contributed by atoms with Gasteiger partial charge >= 0.3 is 0 Å². The van der Waals surface area contributed by atoms with Crippen LogP contribution in [0.25, 0.3) is 44.5 Å². The zero-order chi connectivity index (χ0) is 35.5. The minimum atomic E-state index is -0.310. The van der Waals surface area contributed by atoms with Gasteiger partial charge in [0, 0.05) is 84.1 Å². The van der Waals surface area contributed by atoms with E-state index in [1.54, 1.807) is 19.4 Å². The van der Waals surface area contributed by atoms with E-state index in [2.05, 4.69) is 36.2 Å². The van der Waals surface area contributed by atoms with E-state index in [4.69, 9.17) is 32.9 Å². The van der Waals surface area contributed by atoms with Gasteiger partial charge in [-0.1, -0.05) is 65.7 Å². The average molecular weight is 728 g/mol. The summed E-state index contributed by atoms with van der Waals surface area (Å²) in [5.41, 5.74) is 5.02. The molecule has 3 aromatic heterocycles. The van der Waals surface area contributed by atoms with Crippen LogP contribution in [0.3, 0.4) is 0 Å². The molecular weight excluding hydrogens is 691 g/mol. The zero-order valence-electron chi connectivity index (χ0n) is 27.8. The fraction of sp³-hybridized carbons (Fsp3) is 0.297. The Morgan fingerprint density at radius 3 is 2.08 bits per heavy atom. The summed E-state index contributed by atoms with van der Waals surface area (Å²) in [6.07, 6.45) is 4.35. The second kappa shape index (κ2) is 15.2. The topological polar surface area (TPSA) is 163 Å². The first-order chi connectivity index (χ1) is 24.8. The third-order valence-electron chi connectivity index (χ3n) is 9.18. The third-order valence-corrected chi connectivity index (χ3v) is 9.99. The van der Waals surface area contributed by atoms with Crippen LogP contribution in [0.5, 0.6) is 5.88 Å². The number of pyridine rings is 2. The normalized spacial score (nSPS) is 17.2. The lowest BCUT2D eigenvalue weighted by Crippen LogP contribution is -2.35. The van der Waals surface area contributed by atoms with Crippen LogP contribution >= 0.6 is 23.2 Å². The molecule has 7 rings (SSSR count). The number of hydrogen-bond acceptors (Lipinski definition) is 9. The van der Waals surface area contributed by atoms with Gasteiger partial charge in [0.15, 0.2) is 5.65 Å². The van der Waals surface area contributed by atoms with Gasteiger partial charge in [0.1, 0.15) is 5.82 Å². The molecule has 51 heavy (non-hydrogen) atoms. The molecule has 0 saturated carbocycles. The maximum absolute atomic E-state index is 13.1. The maximum atomic E-state index is 13.1. The Morgan fingerprint density at radius 2 is 1.43 bits per heavy atom. The van der Waals surface area contributed by atoms with Gasteiger partial charge in [0.25, 0.3) is 5.56 Å². The summed E-state index contributed by atoms with van der Waals surface area (Å²) < 4.78 is 5.64. The van der Waals surface area contributed by atoms with Gasteiger partial charge in [-0.15, -0.1) is 0 Å². The minimum Gasteiger partial charge on any atom is -0.481 e. The summed E-state index contributed by atoms with van der Waals surface area (Å²) in [5.74, 6) is 1.08. The maximum Gasteiger partial charge on any atom is 0.260 e. The van der Waals surface area contributed by atoms with E-state index in [-0.39, 0.29) is 29.5 Å². The van der Waals surface area contributed by atoms with Crippen LogP contribution in [-0.4, -0.2) is 64.0 Å². The van der Waals surface area contributed by atoms with Crippen LogP contribution in [0.15, 0.2) is 65.6 Å². The summed E-state index contributed by atoms with van der Waals surface area (Å²) >= 11 is 14.1. The molecule has 0 bridgehead atoms. The Labute approximate surface area is 303 Å². The molecule has 2 aliphatic rings. The van der Waals surface area contributed by atoms with Gasteiger partial charge in [0.05, 0.1) is 34.8 Å². The van der Waals surface area contributed by atoms with Crippen molar-refractivity contribution in [2.24, 2.45) is 0 Å². The molecule has 0 unspecified atom stereocenters. The van der Waals surface area contributed by atoms with Crippen LogP contribution in [-0.2, 0) is 22.7 Å². The number of halogens is 2. The fourth-order valence-corrected chi connectivity index (χ4v) is 7.20. The van der Waals surface area contributed by atoms with Gasteiger partial charge in [-0.05, 0) is 25.0 Å². The van der Waals surface area contributed by atoms with Crippen molar-refractivity contribution < 1.29 is 14.3 Å².